The van der Waals surface area contributed by atoms with Crippen molar-refractivity contribution in [1.29, 1.82) is 0 Å². The number of amides is 3. The number of benzene rings is 2. The Hall–Kier alpha value is -2.61. The maximum Gasteiger partial charge on any atom is 0.330 e. The van der Waals surface area contributed by atoms with E-state index in [9.17, 15) is 19.2 Å². The van der Waals surface area contributed by atoms with Crippen molar-refractivity contribution in [2.75, 3.05) is 11.9 Å². The zero-order valence-corrected chi connectivity index (χ0v) is 18.7. The molecule has 3 rings (SSSR count). The maximum absolute atomic E-state index is 12.7. The summed E-state index contributed by atoms with van der Waals surface area (Å²) in [5.41, 5.74) is 0.556. The Bertz CT molecular complexity index is 1030. The molecule has 7 nitrogen and oxygen atoms in total. The average molecular weight is 484 g/mol. The number of imide groups is 1. The molecule has 1 atom stereocenters. The van der Waals surface area contributed by atoms with Crippen molar-refractivity contribution in [2.24, 2.45) is 5.92 Å². The second-order valence-electron chi connectivity index (χ2n) is 7.12. The fraction of sp³-hybridized carbons (Fsp3) is 0.238. The van der Waals surface area contributed by atoms with E-state index in [1.807, 2.05) is 0 Å². The molecule has 0 unspecified atom stereocenters. The van der Waals surface area contributed by atoms with Gasteiger partial charge in [0.05, 0.1) is 26.9 Å². The zero-order valence-electron chi connectivity index (χ0n) is 16.4. The van der Waals surface area contributed by atoms with Gasteiger partial charge in [-0.15, -0.1) is 0 Å². The fourth-order valence-corrected chi connectivity index (χ4v) is 4.11. The highest BCUT2D eigenvalue weighted by Gasteiger charge is 2.44. The first-order chi connectivity index (χ1) is 14.6. The predicted molar refractivity (Wildman–Crippen MR) is 117 cm³/mol. The zero-order chi connectivity index (χ0) is 22.9. The molecule has 0 saturated heterocycles. The number of esters is 1. The minimum absolute atomic E-state index is 0.114. The lowest BCUT2D eigenvalue weighted by Crippen LogP contribution is -2.49. The van der Waals surface area contributed by atoms with E-state index < -0.39 is 42.3 Å². The summed E-state index contributed by atoms with van der Waals surface area (Å²) in [5, 5.41) is 2.96. The average Bonchev–Trinajstić information content (AvgIpc) is 2.94. The van der Waals surface area contributed by atoms with E-state index in [4.69, 9.17) is 39.5 Å². The standard InChI is InChI=1S/C21H17Cl3N2O5/c1-10(2)18(26-19(28)12-5-3-4-6-13(12)20(26)29)21(30)31-9-16(27)25-17-14(23)7-11(22)8-15(17)24/h3-8,10,18H,9H2,1-2H3,(H,25,27)/t18-/m0/s1. The van der Waals surface area contributed by atoms with Crippen LogP contribution in [0.15, 0.2) is 36.4 Å². The fourth-order valence-electron chi connectivity index (χ4n) is 3.20. The van der Waals surface area contributed by atoms with Gasteiger partial charge in [0, 0.05) is 5.02 Å². The molecule has 2 aromatic carbocycles. The van der Waals surface area contributed by atoms with Crippen LogP contribution in [0.2, 0.25) is 15.1 Å². The molecule has 162 valence electrons. The van der Waals surface area contributed by atoms with Crippen LogP contribution in [0.4, 0.5) is 5.69 Å². The molecule has 10 heteroatoms. The van der Waals surface area contributed by atoms with Crippen LogP contribution in [0.1, 0.15) is 34.6 Å². The molecule has 0 bridgehead atoms. The van der Waals surface area contributed by atoms with Crippen molar-refractivity contribution in [3.05, 3.63) is 62.6 Å². The molecular formula is C21H17Cl3N2O5. The van der Waals surface area contributed by atoms with Crippen LogP contribution in [-0.4, -0.2) is 41.2 Å². The van der Waals surface area contributed by atoms with Crippen molar-refractivity contribution in [3.8, 4) is 0 Å². The molecule has 1 aliphatic heterocycles. The molecule has 0 saturated carbocycles. The summed E-state index contributed by atoms with van der Waals surface area (Å²) in [6.07, 6.45) is 0. The molecule has 0 aromatic heterocycles. The number of carbonyl (C=O) groups is 4. The highest BCUT2D eigenvalue weighted by atomic mass is 35.5. The first kappa shape index (κ1) is 23.1. The maximum atomic E-state index is 12.7. The Morgan fingerprint density at radius 2 is 1.52 bits per heavy atom. The van der Waals surface area contributed by atoms with Gasteiger partial charge in [-0.25, -0.2) is 4.79 Å². The van der Waals surface area contributed by atoms with Crippen LogP contribution in [0.25, 0.3) is 0 Å². The minimum Gasteiger partial charge on any atom is -0.454 e. The third kappa shape index (κ3) is 4.69. The molecule has 0 fully saturated rings. The van der Waals surface area contributed by atoms with Crippen molar-refractivity contribution in [1.82, 2.24) is 4.90 Å². The van der Waals surface area contributed by atoms with Crippen LogP contribution in [0, 0.1) is 5.92 Å². The third-order valence-corrected chi connectivity index (χ3v) is 5.41. The number of nitrogens with one attached hydrogen (secondary N) is 1. The molecule has 3 amide bonds. The van der Waals surface area contributed by atoms with Gasteiger partial charge in [0.1, 0.15) is 6.04 Å². The van der Waals surface area contributed by atoms with Crippen LogP contribution in [0.5, 0.6) is 0 Å². The molecule has 0 spiro atoms. The number of hydrogen-bond donors (Lipinski definition) is 1. The van der Waals surface area contributed by atoms with E-state index in [2.05, 4.69) is 5.32 Å². The Labute approximate surface area is 193 Å². The van der Waals surface area contributed by atoms with Gasteiger partial charge in [0.2, 0.25) is 0 Å². The van der Waals surface area contributed by atoms with E-state index in [-0.39, 0.29) is 26.9 Å². The molecule has 31 heavy (non-hydrogen) atoms. The normalized spacial score (nSPS) is 13.9. The van der Waals surface area contributed by atoms with Crippen molar-refractivity contribution < 1.29 is 23.9 Å². The quantitative estimate of drug-likeness (QED) is 0.484. The largest absolute Gasteiger partial charge is 0.454 e. The number of fused-ring (bicyclic) bond motifs is 1. The number of anilines is 1. The van der Waals surface area contributed by atoms with Crippen LogP contribution in [-0.2, 0) is 14.3 Å². The van der Waals surface area contributed by atoms with E-state index in [1.165, 1.54) is 24.3 Å². The summed E-state index contributed by atoms with van der Waals surface area (Å²) >= 11 is 17.9. The van der Waals surface area contributed by atoms with Gasteiger partial charge >= 0.3 is 5.97 Å². The van der Waals surface area contributed by atoms with Gasteiger partial charge < -0.3 is 10.1 Å². The lowest BCUT2D eigenvalue weighted by molar-refractivity contribution is -0.152. The number of ether oxygens (including phenoxy) is 1. The first-order valence-corrected chi connectivity index (χ1v) is 10.3. The number of hydrogen-bond acceptors (Lipinski definition) is 5. The Morgan fingerprint density at radius 1 is 1.00 bits per heavy atom. The second-order valence-corrected chi connectivity index (χ2v) is 8.37. The molecule has 1 heterocycles. The molecule has 2 aromatic rings. The Balaban J connectivity index is 1.71. The van der Waals surface area contributed by atoms with Crippen LogP contribution in [0.3, 0.4) is 0 Å². The molecule has 0 aliphatic carbocycles. The van der Waals surface area contributed by atoms with Crippen molar-refractivity contribution in [2.45, 2.75) is 19.9 Å². The number of halogens is 3. The van der Waals surface area contributed by atoms with Crippen molar-refractivity contribution in [3.63, 3.8) is 0 Å². The summed E-state index contributed by atoms with van der Waals surface area (Å²) in [7, 11) is 0. The van der Waals surface area contributed by atoms with Gasteiger partial charge in [-0.05, 0) is 30.2 Å². The lowest BCUT2D eigenvalue weighted by atomic mass is 10.0. The van der Waals surface area contributed by atoms with Crippen molar-refractivity contribution >= 4 is 64.2 Å². The monoisotopic (exact) mass is 482 g/mol. The first-order valence-electron chi connectivity index (χ1n) is 9.19. The van der Waals surface area contributed by atoms with E-state index in [0.717, 1.165) is 4.90 Å². The van der Waals surface area contributed by atoms with Gasteiger partial charge in [-0.3, -0.25) is 19.3 Å². The number of carbonyl (C=O) groups excluding carboxylic acids is 4. The second kappa shape index (κ2) is 9.26. The third-order valence-electron chi connectivity index (χ3n) is 4.59. The van der Waals surface area contributed by atoms with Gasteiger partial charge in [-0.1, -0.05) is 60.8 Å². The molecular weight excluding hydrogens is 467 g/mol. The topological polar surface area (TPSA) is 92.8 Å². The number of rotatable bonds is 6. The van der Waals surface area contributed by atoms with Gasteiger partial charge in [0.25, 0.3) is 17.7 Å². The summed E-state index contributed by atoms with van der Waals surface area (Å²) < 4.78 is 5.10. The van der Waals surface area contributed by atoms with Gasteiger partial charge in [0.15, 0.2) is 6.61 Å². The smallest absolute Gasteiger partial charge is 0.330 e. The predicted octanol–water partition coefficient (Wildman–Crippen LogP) is 4.45. The summed E-state index contributed by atoms with van der Waals surface area (Å²) in [4.78, 5) is 51.3. The highest BCUT2D eigenvalue weighted by molar-refractivity contribution is 6.42. The lowest BCUT2D eigenvalue weighted by Gasteiger charge is -2.27. The molecule has 1 N–H and O–H groups in total. The number of nitrogens with zero attached hydrogens (tertiary/aromatic N) is 1. The van der Waals surface area contributed by atoms with Crippen LogP contribution >= 0.6 is 34.8 Å². The Kier molecular flexibility index (Phi) is 6.89. The summed E-state index contributed by atoms with van der Waals surface area (Å²) in [5.74, 6) is -3.20. The van der Waals surface area contributed by atoms with Gasteiger partial charge in [-0.2, -0.15) is 0 Å². The van der Waals surface area contributed by atoms with Crippen LogP contribution < -0.4 is 5.32 Å². The molecule has 1 aliphatic rings. The SMILES string of the molecule is CC(C)[C@@H](C(=O)OCC(=O)Nc1c(Cl)cc(Cl)cc1Cl)N1C(=O)c2ccccc2C1=O. The summed E-state index contributed by atoms with van der Waals surface area (Å²) in [6.45, 7) is 2.67. The highest BCUT2D eigenvalue weighted by Crippen LogP contribution is 2.33. The summed E-state index contributed by atoms with van der Waals surface area (Å²) in [6, 6.07) is 7.90. The van der Waals surface area contributed by atoms with E-state index in [1.54, 1.807) is 26.0 Å². The van der Waals surface area contributed by atoms with E-state index in [0.29, 0.717) is 5.02 Å². The minimum atomic E-state index is -1.19. The molecule has 0 radical (unpaired) electrons. The van der Waals surface area contributed by atoms with E-state index >= 15 is 0 Å². The Morgan fingerprint density at radius 3 is 2.00 bits per heavy atom.